The Morgan fingerprint density at radius 3 is 1.96 bits per heavy atom. The molecule has 26 heteroatoms. The van der Waals surface area contributed by atoms with Crippen LogP contribution in [0.4, 0.5) is 0 Å². The molecule has 0 aliphatic carbocycles. The van der Waals surface area contributed by atoms with E-state index >= 15 is 0 Å². The van der Waals surface area contributed by atoms with Gasteiger partial charge in [-0.2, -0.15) is 0 Å². The van der Waals surface area contributed by atoms with Crippen molar-refractivity contribution < 1.29 is 67.2 Å². The number of benzene rings is 2. The third kappa shape index (κ3) is 20.2. The van der Waals surface area contributed by atoms with Crippen molar-refractivity contribution in [2.45, 2.75) is 114 Å². The first-order valence-electron chi connectivity index (χ1n) is 23.2. The maximum absolute atomic E-state index is 13.4. The van der Waals surface area contributed by atoms with Crippen LogP contribution >= 0.6 is 0 Å². The predicted octanol–water partition coefficient (Wildman–Crippen LogP) is -3.48. The van der Waals surface area contributed by atoms with Crippen molar-refractivity contribution in [3.8, 4) is 0 Å². The molecule has 25 nitrogen and oxygen atoms in total. The van der Waals surface area contributed by atoms with Crippen LogP contribution in [0.25, 0.3) is 0 Å². The number of carbonyl (C=O) groups excluding carboxylic acids is 8. The van der Waals surface area contributed by atoms with Gasteiger partial charge < -0.3 is 57.7 Å². The highest BCUT2D eigenvalue weighted by atomic mass is 32.2. The fourth-order valence-corrected chi connectivity index (χ4v) is 8.14. The second kappa shape index (κ2) is 30.3. The topological polar surface area (TPSA) is 403 Å². The van der Waals surface area contributed by atoms with Crippen molar-refractivity contribution in [1.82, 2.24) is 51.9 Å². The van der Waals surface area contributed by atoms with Crippen LogP contribution in [0.5, 0.6) is 0 Å². The van der Waals surface area contributed by atoms with Gasteiger partial charge in [0, 0.05) is 49.3 Å². The van der Waals surface area contributed by atoms with Gasteiger partial charge in [-0.25, -0.2) is 13.4 Å². The SMILES string of the molecule is CCCC[C@H](NC(=O)C(CO)NC(O)[C@H](Cc1cnc[nH]1)NC(O)[C@H](CCC(N)=O)NC(=O)C(CO)NC(=O)CNC(=O)CCCS(=O)(=O)NC(=O)C(C)c1ccc(C(=O)c2ccccc2)cc1)C(=O)NC. The quantitative estimate of drug-likeness (QED) is 0.0208. The number of aromatic amines is 1. The lowest BCUT2D eigenvalue weighted by atomic mass is 9.97. The molecule has 0 aliphatic heterocycles. The van der Waals surface area contributed by atoms with Gasteiger partial charge in [0.1, 0.15) is 30.6 Å². The Balaban J connectivity index is 1.55. The zero-order chi connectivity index (χ0) is 53.4. The van der Waals surface area contributed by atoms with Crippen molar-refractivity contribution in [2.75, 3.05) is 32.6 Å². The zero-order valence-corrected chi connectivity index (χ0v) is 41.1. The van der Waals surface area contributed by atoms with E-state index in [1.54, 1.807) is 42.5 Å². The number of aliphatic hydroxyl groups excluding tert-OH is 4. The van der Waals surface area contributed by atoms with E-state index in [9.17, 15) is 67.2 Å². The smallest absolute Gasteiger partial charge is 0.245 e. The molecule has 0 fully saturated rings. The molecule has 5 unspecified atom stereocenters. The van der Waals surface area contributed by atoms with E-state index in [1.807, 2.05) is 11.6 Å². The average Bonchev–Trinajstić information content (AvgIpc) is 3.88. The number of nitrogens with two attached hydrogens (primary N) is 1. The van der Waals surface area contributed by atoms with Crippen LogP contribution in [0.3, 0.4) is 0 Å². The molecule has 0 spiro atoms. The van der Waals surface area contributed by atoms with Crippen LogP contribution in [0.1, 0.15) is 91.9 Å². The van der Waals surface area contributed by atoms with Gasteiger partial charge in [0.2, 0.25) is 51.4 Å². The fraction of sp³-hybridized carbons (Fsp3) is 0.500. The number of sulfonamides is 1. The molecule has 1 heterocycles. The number of nitrogens with zero attached hydrogens (tertiary/aromatic N) is 1. The summed E-state index contributed by atoms with van der Waals surface area (Å²) in [6, 6.07) is 8.08. The van der Waals surface area contributed by atoms with Gasteiger partial charge in [0.05, 0.1) is 49.8 Å². The molecule has 0 saturated heterocycles. The second-order valence-electron chi connectivity index (χ2n) is 16.8. The molecule has 2 aromatic carbocycles. The highest BCUT2D eigenvalue weighted by Gasteiger charge is 2.33. The van der Waals surface area contributed by atoms with E-state index in [0.717, 1.165) is 6.42 Å². The molecule has 72 heavy (non-hydrogen) atoms. The monoisotopic (exact) mass is 1030 g/mol. The van der Waals surface area contributed by atoms with Crippen molar-refractivity contribution in [3.05, 3.63) is 89.5 Å². The Morgan fingerprint density at radius 1 is 0.722 bits per heavy atom. The largest absolute Gasteiger partial charge is 0.394 e. The molecular weight excluding hydrogens is 963 g/mol. The number of imidazole rings is 1. The Morgan fingerprint density at radius 2 is 1.36 bits per heavy atom. The highest BCUT2D eigenvalue weighted by molar-refractivity contribution is 7.90. The van der Waals surface area contributed by atoms with Gasteiger partial charge in [-0.05, 0) is 31.7 Å². The summed E-state index contributed by atoms with van der Waals surface area (Å²) in [5, 5.41) is 60.1. The number of ketones is 1. The summed E-state index contributed by atoms with van der Waals surface area (Å²) >= 11 is 0. The lowest BCUT2D eigenvalue weighted by molar-refractivity contribution is -0.132. The summed E-state index contributed by atoms with van der Waals surface area (Å²) in [5.41, 5.74) is 7.09. The lowest BCUT2D eigenvalue weighted by Gasteiger charge is -2.33. The number of unbranched alkanes of at least 4 members (excludes halogenated alkanes) is 1. The summed E-state index contributed by atoms with van der Waals surface area (Å²) in [5.74, 6) is -7.47. The molecule has 0 radical (unpaired) electrons. The lowest BCUT2D eigenvalue weighted by Crippen LogP contribution is -2.63. The van der Waals surface area contributed by atoms with Crippen LogP contribution in [-0.4, -0.2) is 161 Å². The number of hydrogen-bond donors (Lipinski definition) is 14. The number of amides is 7. The van der Waals surface area contributed by atoms with Gasteiger partial charge in [0.25, 0.3) is 0 Å². The minimum absolute atomic E-state index is 0.108. The number of likely N-dealkylation sites (N-methyl/N-ethyl adjacent to an activating group) is 1. The van der Waals surface area contributed by atoms with E-state index in [2.05, 4.69) is 47.2 Å². The number of carbonyl (C=O) groups is 8. The number of primary amides is 1. The number of aromatic nitrogens is 2. The van der Waals surface area contributed by atoms with Crippen molar-refractivity contribution in [2.24, 2.45) is 5.73 Å². The molecule has 0 bridgehead atoms. The highest BCUT2D eigenvalue weighted by Crippen LogP contribution is 2.19. The first kappa shape index (κ1) is 59.6. The third-order valence-electron chi connectivity index (χ3n) is 11.2. The summed E-state index contributed by atoms with van der Waals surface area (Å²) < 4.78 is 27.4. The molecular formula is C46H67N11O14S. The molecule has 15 N–H and O–H groups in total. The van der Waals surface area contributed by atoms with E-state index < -0.39 is 125 Å². The maximum atomic E-state index is 13.4. The molecule has 1 aromatic heterocycles. The van der Waals surface area contributed by atoms with Crippen molar-refractivity contribution in [3.63, 3.8) is 0 Å². The number of nitrogens with one attached hydrogen (secondary N) is 9. The standard InChI is InChI=1S/C46H67N11O14S/c1-4-5-12-32(42(65)48-3)53-46(69)36(25-59)56-44(67)34(21-31-22-49-26-51-31)55-43(66)33(18-19-37(47)60)54-45(68)35(24-58)52-39(62)23-50-38(61)13-9-20-72(70,71)57-41(64)27(2)28-14-16-30(17-15-28)40(63)29-10-7-6-8-11-29/h6-8,10-11,14-17,22,26-27,32-36,43-44,55-56,58-59,66-67H,4-5,9,12-13,18-21,23-25H2,1-3H3,(H2,47,60)(H,48,65)(H,49,51)(H,50,61)(H,52,62)(H,53,69)(H,54,68)(H,57,64)/t27?,32-,33-,34-,35?,36?,43?,44?/m0/s1. The van der Waals surface area contributed by atoms with Crippen molar-refractivity contribution >= 4 is 57.2 Å². The average molecular weight is 1030 g/mol. The normalized spacial score (nSPS) is 14.7. The minimum Gasteiger partial charge on any atom is -0.394 e. The maximum Gasteiger partial charge on any atom is 0.245 e. The predicted molar refractivity (Wildman–Crippen MR) is 259 cm³/mol. The van der Waals surface area contributed by atoms with Crippen LogP contribution in [0.2, 0.25) is 0 Å². The molecule has 0 aliphatic rings. The second-order valence-corrected chi connectivity index (χ2v) is 18.6. The van der Waals surface area contributed by atoms with E-state index in [4.69, 9.17) is 5.73 Å². The van der Waals surface area contributed by atoms with E-state index in [-0.39, 0.29) is 37.9 Å². The van der Waals surface area contributed by atoms with Crippen molar-refractivity contribution in [1.29, 1.82) is 0 Å². The Labute approximate surface area is 416 Å². The summed E-state index contributed by atoms with van der Waals surface area (Å²) in [6.07, 6.45) is -0.556. The number of hydrogen-bond acceptors (Lipinski definition) is 17. The zero-order valence-electron chi connectivity index (χ0n) is 40.3. The molecule has 7 amide bonds. The number of rotatable bonds is 33. The van der Waals surface area contributed by atoms with E-state index in [0.29, 0.717) is 35.2 Å². The fourth-order valence-electron chi connectivity index (χ4n) is 7.03. The third-order valence-corrected chi connectivity index (χ3v) is 12.6. The molecule has 0 saturated carbocycles. The Kier molecular flexibility index (Phi) is 25.1. The molecule has 396 valence electrons. The van der Waals surface area contributed by atoms with Gasteiger partial charge >= 0.3 is 0 Å². The molecule has 3 aromatic rings. The minimum atomic E-state index is -4.20. The van der Waals surface area contributed by atoms with Gasteiger partial charge in [-0.15, -0.1) is 0 Å². The first-order chi connectivity index (χ1) is 34.2. The first-order valence-corrected chi connectivity index (χ1v) is 24.8. The van der Waals surface area contributed by atoms with Gasteiger partial charge in [0.15, 0.2) is 5.78 Å². The van der Waals surface area contributed by atoms with Gasteiger partial charge in [-0.3, -0.25) is 53.7 Å². The van der Waals surface area contributed by atoms with Gasteiger partial charge in [-0.1, -0.05) is 74.4 Å². The number of H-pyrrole nitrogens is 1. The van der Waals surface area contributed by atoms with E-state index in [1.165, 1.54) is 38.6 Å². The Bertz CT molecular complexity index is 2360. The summed E-state index contributed by atoms with van der Waals surface area (Å²) in [4.78, 5) is 108. The summed E-state index contributed by atoms with van der Waals surface area (Å²) in [7, 11) is -2.80. The van der Waals surface area contributed by atoms with Crippen LogP contribution in [0.15, 0.2) is 67.1 Å². The van der Waals surface area contributed by atoms with Crippen LogP contribution in [-0.2, 0) is 50.0 Å². The van der Waals surface area contributed by atoms with Crippen LogP contribution in [0, 0.1) is 0 Å². The molecule has 8 atom stereocenters. The van der Waals surface area contributed by atoms with Crippen LogP contribution < -0.4 is 47.7 Å². The number of aliphatic hydroxyl groups is 4. The Hall–Kier alpha value is -6.68. The molecule has 3 rings (SSSR count). The summed E-state index contributed by atoms with van der Waals surface area (Å²) in [6.45, 7) is 0.872.